The molecule has 0 saturated heterocycles. The van der Waals surface area contributed by atoms with Gasteiger partial charge in [-0.15, -0.1) is 0 Å². The highest BCUT2D eigenvalue weighted by Gasteiger charge is 2.39. The molecule has 6 unspecified atom stereocenters. The van der Waals surface area contributed by atoms with E-state index in [1.165, 1.54) is 44.9 Å². The minimum atomic E-state index is 0.437. The largest absolute Gasteiger partial charge is 0.327 e. The Labute approximate surface area is 145 Å². The monoisotopic (exact) mass is 322 g/mol. The summed E-state index contributed by atoms with van der Waals surface area (Å²) in [5.41, 5.74) is 12.9. The molecule has 136 valence electrons. The van der Waals surface area contributed by atoms with Gasteiger partial charge >= 0.3 is 0 Å². The van der Waals surface area contributed by atoms with Crippen LogP contribution in [0, 0.1) is 41.4 Å². The second-order valence-corrected chi connectivity index (χ2v) is 9.36. The van der Waals surface area contributed by atoms with E-state index in [1.54, 1.807) is 0 Å². The van der Waals surface area contributed by atoms with Crippen LogP contribution in [0.15, 0.2) is 0 Å². The zero-order valence-electron chi connectivity index (χ0n) is 16.3. The molecule has 2 fully saturated rings. The average molecular weight is 323 g/mol. The molecule has 0 heterocycles. The van der Waals surface area contributed by atoms with Crippen molar-refractivity contribution in [3.63, 3.8) is 0 Å². The van der Waals surface area contributed by atoms with Crippen molar-refractivity contribution in [3.05, 3.63) is 0 Å². The van der Waals surface area contributed by atoms with E-state index in [0.717, 1.165) is 41.4 Å². The van der Waals surface area contributed by atoms with Gasteiger partial charge in [0.1, 0.15) is 0 Å². The van der Waals surface area contributed by atoms with E-state index < -0.39 is 0 Å². The number of rotatable bonds is 5. The molecule has 2 rings (SSSR count). The molecular weight excluding hydrogens is 280 g/mol. The Morgan fingerprint density at radius 1 is 0.739 bits per heavy atom. The summed E-state index contributed by atoms with van der Waals surface area (Å²) in [7, 11) is 0. The van der Waals surface area contributed by atoms with E-state index in [0.29, 0.717) is 12.1 Å². The van der Waals surface area contributed by atoms with Crippen LogP contribution in [0.3, 0.4) is 0 Å². The molecule has 0 spiro atoms. The van der Waals surface area contributed by atoms with Crippen LogP contribution in [0.5, 0.6) is 0 Å². The summed E-state index contributed by atoms with van der Waals surface area (Å²) in [4.78, 5) is 0. The molecule has 4 N–H and O–H groups in total. The standard InChI is InChI=1S/C21H42N2/c1-6-17(15-7-9-20(22)18(11-15)13(2)3)16-8-10-21(23)19(12-16)14(4)5/h13-21H,6-12,22-23H2,1-5H3. The summed E-state index contributed by atoms with van der Waals surface area (Å²) in [5.74, 6) is 5.63. The zero-order valence-corrected chi connectivity index (χ0v) is 16.3. The van der Waals surface area contributed by atoms with Crippen molar-refractivity contribution in [1.82, 2.24) is 0 Å². The first-order valence-electron chi connectivity index (χ1n) is 10.4. The van der Waals surface area contributed by atoms with Gasteiger partial charge in [-0.05, 0) is 80.0 Å². The topological polar surface area (TPSA) is 52.0 Å². The Morgan fingerprint density at radius 2 is 1.13 bits per heavy atom. The molecule has 0 radical (unpaired) electrons. The molecule has 0 amide bonds. The third-order valence-corrected chi connectivity index (χ3v) is 7.39. The van der Waals surface area contributed by atoms with E-state index >= 15 is 0 Å². The van der Waals surface area contributed by atoms with Gasteiger partial charge in [-0.2, -0.15) is 0 Å². The van der Waals surface area contributed by atoms with Crippen molar-refractivity contribution >= 4 is 0 Å². The second kappa shape index (κ2) is 8.34. The van der Waals surface area contributed by atoms with Gasteiger partial charge in [0.2, 0.25) is 0 Å². The first-order chi connectivity index (χ1) is 10.8. The van der Waals surface area contributed by atoms with Gasteiger partial charge in [-0.3, -0.25) is 0 Å². The van der Waals surface area contributed by atoms with Crippen molar-refractivity contribution in [3.8, 4) is 0 Å². The van der Waals surface area contributed by atoms with Gasteiger partial charge in [0.05, 0.1) is 0 Å². The van der Waals surface area contributed by atoms with Crippen LogP contribution < -0.4 is 11.5 Å². The van der Waals surface area contributed by atoms with Crippen molar-refractivity contribution in [1.29, 1.82) is 0 Å². The first kappa shape index (κ1) is 19.2. The maximum atomic E-state index is 6.43. The molecule has 2 aliphatic rings. The SMILES string of the molecule is CCC(C1CCC(N)C(C(C)C)C1)C1CCC(N)C(C(C)C)C1. The summed E-state index contributed by atoms with van der Waals surface area (Å²) in [6, 6.07) is 0.874. The Kier molecular flexibility index (Phi) is 6.98. The van der Waals surface area contributed by atoms with Gasteiger partial charge in [-0.25, -0.2) is 0 Å². The predicted molar refractivity (Wildman–Crippen MR) is 101 cm³/mol. The Balaban J connectivity index is 2.04. The minimum absolute atomic E-state index is 0.437. The lowest BCUT2D eigenvalue weighted by Gasteiger charge is -2.45. The van der Waals surface area contributed by atoms with Gasteiger partial charge in [0.25, 0.3) is 0 Å². The van der Waals surface area contributed by atoms with Crippen LogP contribution in [0.25, 0.3) is 0 Å². The first-order valence-corrected chi connectivity index (χ1v) is 10.4. The Bertz CT molecular complexity index is 320. The van der Waals surface area contributed by atoms with E-state index in [-0.39, 0.29) is 0 Å². The fourth-order valence-electron chi connectivity index (χ4n) is 5.89. The molecule has 2 aliphatic carbocycles. The molecule has 6 atom stereocenters. The molecule has 0 bridgehead atoms. The molecule has 0 aromatic rings. The van der Waals surface area contributed by atoms with E-state index in [1.807, 2.05) is 0 Å². The lowest BCUT2D eigenvalue weighted by Crippen LogP contribution is -2.44. The smallest absolute Gasteiger partial charge is 0.00698 e. The van der Waals surface area contributed by atoms with Crippen LogP contribution in [-0.2, 0) is 0 Å². The maximum absolute atomic E-state index is 6.43. The summed E-state index contributed by atoms with van der Waals surface area (Å²) in [6.45, 7) is 11.9. The summed E-state index contributed by atoms with van der Waals surface area (Å²) >= 11 is 0. The third kappa shape index (κ3) is 4.51. The maximum Gasteiger partial charge on any atom is 0.00698 e. The van der Waals surface area contributed by atoms with E-state index in [2.05, 4.69) is 34.6 Å². The van der Waals surface area contributed by atoms with E-state index in [4.69, 9.17) is 11.5 Å². The Morgan fingerprint density at radius 3 is 1.43 bits per heavy atom. The summed E-state index contributed by atoms with van der Waals surface area (Å²) in [6.07, 6.45) is 9.28. The molecule has 2 nitrogen and oxygen atoms in total. The molecular formula is C21H42N2. The molecule has 0 aromatic carbocycles. The molecule has 0 aliphatic heterocycles. The summed E-state index contributed by atoms with van der Waals surface area (Å²) in [5, 5.41) is 0. The summed E-state index contributed by atoms with van der Waals surface area (Å²) < 4.78 is 0. The molecule has 23 heavy (non-hydrogen) atoms. The molecule has 0 aromatic heterocycles. The fourth-order valence-corrected chi connectivity index (χ4v) is 5.89. The van der Waals surface area contributed by atoms with Crippen molar-refractivity contribution in [2.45, 2.75) is 91.6 Å². The zero-order chi connectivity index (χ0) is 17.1. The molecule has 2 saturated carbocycles. The van der Waals surface area contributed by atoms with Crippen LogP contribution in [0.4, 0.5) is 0 Å². The number of hydrogen-bond acceptors (Lipinski definition) is 2. The molecule has 2 heteroatoms. The van der Waals surface area contributed by atoms with Crippen molar-refractivity contribution in [2.75, 3.05) is 0 Å². The highest BCUT2D eigenvalue weighted by atomic mass is 14.7. The highest BCUT2D eigenvalue weighted by molar-refractivity contribution is 4.92. The van der Waals surface area contributed by atoms with Gasteiger partial charge in [-0.1, -0.05) is 41.0 Å². The van der Waals surface area contributed by atoms with Gasteiger partial charge in [0.15, 0.2) is 0 Å². The van der Waals surface area contributed by atoms with Crippen molar-refractivity contribution < 1.29 is 0 Å². The van der Waals surface area contributed by atoms with Crippen LogP contribution in [-0.4, -0.2) is 12.1 Å². The normalized spacial score (nSPS) is 40.6. The van der Waals surface area contributed by atoms with Gasteiger partial charge < -0.3 is 11.5 Å². The van der Waals surface area contributed by atoms with Crippen molar-refractivity contribution in [2.24, 2.45) is 52.9 Å². The average Bonchev–Trinajstić information content (AvgIpc) is 2.50. The second-order valence-electron chi connectivity index (χ2n) is 9.36. The number of nitrogens with two attached hydrogens (primary N) is 2. The van der Waals surface area contributed by atoms with Crippen LogP contribution in [0.2, 0.25) is 0 Å². The van der Waals surface area contributed by atoms with Crippen LogP contribution in [0.1, 0.15) is 79.6 Å². The van der Waals surface area contributed by atoms with Crippen LogP contribution >= 0.6 is 0 Å². The third-order valence-electron chi connectivity index (χ3n) is 7.39. The minimum Gasteiger partial charge on any atom is -0.327 e. The lowest BCUT2D eigenvalue weighted by molar-refractivity contribution is 0.0644. The Hall–Kier alpha value is -0.0800. The van der Waals surface area contributed by atoms with Gasteiger partial charge in [0, 0.05) is 12.1 Å². The quantitative estimate of drug-likeness (QED) is 0.763. The predicted octanol–water partition coefficient (Wildman–Crippen LogP) is 4.81. The lowest BCUT2D eigenvalue weighted by atomic mass is 9.61. The van der Waals surface area contributed by atoms with E-state index in [9.17, 15) is 0 Å². The number of hydrogen-bond donors (Lipinski definition) is 2. The fraction of sp³-hybridized carbons (Fsp3) is 1.00. The highest BCUT2D eigenvalue weighted by Crippen LogP contribution is 2.46.